The Morgan fingerprint density at radius 3 is 2.55 bits per heavy atom. The number of hydrogen-bond donors (Lipinski definition) is 2. The minimum absolute atomic E-state index is 0.0708. The highest BCUT2D eigenvalue weighted by atomic mass is 32.2. The molecule has 10 heteroatoms. The summed E-state index contributed by atoms with van der Waals surface area (Å²) in [5.74, 6) is 1.41. The molecule has 2 fully saturated rings. The molecule has 1 aliphatic heterocycles. The molecule has 2 aromatic rings. The number of ether oxygens (including phenoxy) is 1. The number of carbonyl (C=O) groups is 1. The van der Waals surface area contributed by atoms with Gasteiger partial charge in [-0.05, 0) is 44.0 Å². The van der Waals surface area contributed by atoms with E-state index in [1.807, 2.05) is 25.1 Å². The van der Waals surface area contributed by atoms with E-state index in [1.54, 1.807) is 12.1 Å². The molecule has 1 aromatic heterocycles. The molecule has 31 heavy (non-hydrogen) atoms. The van der Waals surface area contributed by atoms with Crippen LogP contribution in [0.3, 0.4) is 0 Å². The lowest BCUT2D eigenvalue weighted by Gasteiger charge is -2.29. The van der Waals surface area contributed by atoms with E-state index in [9.17, 15) is 13.6 Å². The lowest BCUT2D eigenvalue weighted by molar-refractivity contribution is 0.122. The second kappa shape index (κ2) is 9.29. The number of hydrogen-bond acceptors (Lipinski definition) is 7. The van der Waals surface area contributed by atoms with Gasteiger partial charge in [0.05, 0.1) is 18.9 Å². The van der Waals surface area contributed by atoms with Crippen LogP contribution in [0.15, 0.2) is 30.3 Å². The van der Waals surface area contributed by atoms with Crippen LogP contribution in [0.1, 0.15) is 25.5 Å². The number of aromatic nitrogens is 2. The maximum Gasteiger partial charge on any atom is 0.319 e. The van der Waals surface area contributed by atoms with Crippen LogP contribution in [0.2, 0.25) is 0 Å². The predicted molar refractivity (Wildman–Crippen MR) is 118 cm³/mol. The van der Waals surface area contributed by atoms with Gasteiger partial charge in [0.1, 0.15) is 5.82 Å². The first-order chi connectivity index (χ1) is 15.0. The van der Waals surface area contributed by atoms with Crippen molar-refractivity contribution in [2.75, 3.05) is 48.8 Å². The molecule has 2 N–H and O–H groups in total. The average molecular weight is 445 g/mol. The molecule has 1 atom stereocenters. The van der Waals surface area contributed by atoms with Crippen molar-refractivity contribution in [2.24, 2.45) is 0 Å². The van der Waals surface area contributed by atoms with Crippen molar-refractivity contribution >= 4 is 28.6 Å². The zero-order chi connectivity index (χ0) is 21.8. The molecule has 0 spiro atoms. The van der Waals surface area contributed by atoms with Gasteiger partial charge in [-0.2, -0.15) is 0 Å². The van der Waals surface area contributed by atoms with Crippen molar-refractivity contribution in [2.45, 2.75) is 25.2 Å². The number of anilines is 2. The summed E-state index contributed by atoms with van der Waals surface area (Å²) in [6, 6.07) is 8.98. The third kappa shape index (κ3) is 5.20. The number of benzene rings is 1. The fraction of sp³-hybridized carbons (Fsp3) is 0.476. The summed E-state index contributed by atoms with van der Waals surface area (Å²) < 4.78 is 28.3. The van der Waals surface area contributed by atoms with E-state index >= 15 is 0 Å². The summed E-state index contributed by atoms with van der Waals surface area (Å²) in [5.41, 5.74) is 1.81. The van der Waals surface area contributed by atoms with Crippen molar-refractivity contribution in [3.8, 4) is 11.4 Å². The molecule has 1 aromatic carbocycles. The molecular formula is C21H26N5O4S-. The topological polar surface area (TPSA) is 120 Å². The fourth-order valence-electron chi connectivity index (χ4n) is 3.68. The molecule has 2 heterocycles. The molecule has 4 rings (SSSR count). The Labute approximate surface area is 183 Å². The monoisotopic (exact) mass is 444 g/mol. The van der Waals surface area contributed by atoms with Crippen molar-refractivity contribution < 1.29 is 18.3 Å². The van der Waals surface area contributed by atoms with E-state index in [4.69, 9.17) is 14.7 Å². The molecule has 9 nitrogen and oxygen atoms in total. The third-order valence-electron chi connectivity index (χ3n) is 5.58. The number of amides is 2. The largest absolute Gasteiger partial charge is 0.772 e. The maximum absolute atomic E-state index is 11.7. The molecule has 166 valence electrons. The van der Waals surface area contributed by atoms with Crippen molar-refractivity contribution in [1.82, 2.24) is 15.3 Å². The van der Waals surface area contributed by atoms with Gasteiger partial charge >= 0.3 is 6.03 Å². The van der Waals surface area contributed by atoms with Crippen LogP contribution >= 0.6 is 0 Å². The van der Waals surface area contributed by atoms with Gasteiger partial charge in [-0.3, -0.25) is 4.21 Å². The lowest BCUT2D eigenvalue weighted by atomic mass is 10.0. The summed E-state index contributed by atoms with van der Waals surface area (Å²) in [4.78, 5) is 23.4. The Bertz CT molecular complexity index is 959. The van der Waals surface area contributed by atoms with E-state index in [0.717, 1.165) is 43.0 Å². The summed E-state index contributed by atoms with van der Waals surface area (Å²) in [5, 5.41) is 5.46. The van der Waals surface area contributed by atoms with Gasteiger partial charge in [0.15, 0.2) is 5.82 Å². The highest BCUT2D eigenvalue weighted by Gasteiger charge is 2.46. The second-order valence-corrected chi connectivity index (χ2v) is 8.72. The van der Waals surface area contributed by atoms with Gasteiger partial charge in [0, 0.05) is 48.1 Å². The zero-order valence-corrected chi connectivity index (χ0v) is 18.2. The number of nitrogens with zero attached hydrogens (tertiary/aromatic N) is 3. The van der Waals surface area contributed by atoms with Gasteiger partial charge < -0.3 is 24.8 Å². The minimum Gasteiger partial charge on any atom is -0.772 e. The molecule has 0 radical (unpaired) electrons. The second-order valence-electron chi connectivity index (χ2n) is 7.82. The van der Waals surface area contributed by atoms with Crippen LogP contribution in [0, 0.1) is 0 Å². The highest BCUT2D eigenvalue weighted by Crippen LogP contribution is 2.48. The number of rotatable bonds is 7. The standard InChI is InChI=1S/C21H27N5O4S/c1-2-22-20(27)23-16-5-3-15(4-6-16)19-24-17(21(7-8-21)14-31(28)29)13-18(25-19)26-9-11-30-12-10-26/h3-6,13H,2,7-12,14H2,1H3,(H,28,29)(H2,22,23,27)/p-1. The first kappa shape index (κ1) is 21.7. The van der Waals surface area contributed by atoms with Crippen molar-refractivity contribution in [1.29, 1.82) is 0 Å². The Morgan fingerprint density at radius 1 is 1.23 bits per heavy atom. The molecule has 1 saturated carbocycles. The van der Waals surface area contributed by atoms with E-state index < -0.39 is 16.5 Å². The van der Waals surface area contributed by atoms with Crippen LogP contribution in [0.4, 0.5) is 16.3 Å². The van der Waals surface area contributed by atoms with Gasteiger partial charge in [0.25, 0.3) is 0 Å². The summed E-state index contributed by atoms with van der Waals surface area (Å²) in [6.45, 7) is 5.12. The first-order valence-corrected chi connectivity index (χ1v) is 11.7. The molecule has 1 aliphatic carbocycles. The van der Waals surface area contributed by atoms with Crippen LogP contribution in [-0.2, 0) is 21.2 Å². The van der Waals surface area contributed by atoms with Crippen LogP contribution in [-0.4, -0.2) is 63.4 Å². The Balaban J connectivity index is 1.65. The summed E-state index contributed by atoms with van der Waals surface area (Å²) in [7, 11) is 0. The van der Waals surface area contributed by atoms with Gasteiger partial charge in [-0.15, -0.1) is 0 Å². The van der Waals surface area contributed by atoms with E-state index in [-0.39, 0.29) is 11.8 Å². The molecule has 2 aliphatic rings. The minimum atomic E-state index is -2.14. The lowest BCUT2D eigenvalue weighted by Crippen LogP contribution is -2.37. The molecule has 1 unspecified atom stereocenters. The summed E-state index contributed by atoms with van der Waals surface area (Å²) >= 11 is -2.14. The van der Waals surface area contributed by atoms with Crippen molar-refractivity contribution in [3.05, 3.63) is 36.0 Å². The highest BCUT2D eigenvalue weighted by molar-refractivity contribution is 7.79. The number of carbonyl (C=O) groups excluding carboxylic acids is 1. The van der Waals surface area contributed by atoms with Crippen molar-refractivity contribution in [3.63, 3.8) is 0 Å². The zero-order valence-electron chi connectivity index (χ0n) is 17.4. The van der Waals surface area contributed by atoms with Gasteiger partial charge in [-0.1, -0.05) is 11.1 Å². The van der Waals surface area contributed by atoms with Crippen LogP contribution in [0.25, 0.3) is 11.4 Å². The number of urea groups is 1. The van der Waals surface area contributed by atoms with E-state index in [1.165, 1.54) is 0 Å². The Kier molecular flexibility index (Phi) is 6.49. The fourth-order valence-corrected chi connectivity index (χ4v) is 4.57. The molecule has 2 amide bonds. The van der Waals surface area contributed by atoms with Gasteiger partial charge in [-0.25, -0.2) is 14.8 Å². The smallest absolute Gasteiger partial charge is 0.319 e. The van der Waals surface area contributed by atoms with Gasteiger partial charge in [0.2, 0.25) is 0 Å². The Hall–Kier alpha value is -2.56. The quantitative estimate of drug-likeness (QED) is 0.627. The van der Waals surface area contributed by atoms with Crippen LogP contribution < -0.4 is 15.5 Å². The summed E-state index contributed by atoms with van der Waals surface area (Å²) in [6.07, 6.45) is 1.60. The predicted octanol–water partition coefficient (Wildman–Crippen LogP) is 2.03. The number of nitrogens with one attached hydrogen (secondary N) is 2. The third-order valence-corrected chi connectivity index (χ3v) is 6.37. The Morgan fingerprint density at radius 2 is 1.94 bits per heavy atom. The molecular weight excluding hydrogens is 418 g/mol. The van der Waals surface area contributed by atoms with E-state index in [0.29, 0.717) is 31.3 Å². The molecule has 0 bridgehead atoms. The SMILES string of the molecule is CCNC(=O)Nc1ccc(-c2nc(N3CCOCC3)cc(C3(CS(=O)[O-])CC3)n2)cc1. The molecule has 1 saturated heterocycles. The van der Waals surface area contributed by atoms with Crippen LogP contribution in [0.5, 0.6) is 0 Å². The normalized spacial score (nSPS) is 18.3. The first-order valence-electron chi connectivity index (χ1n) is 10.4. The average Bonchev–Trinajstić information content (AvgIpc) is 3.55. The maximum atomic E-state index is 11.7. The van der Waals surface area contributed by atoms with E-state index in [2.05, 4.69) is 15.5 Å². The number of morpholine rings is 1.